The van der Waals surface area contributed by atoms with Gasteiger partial charge in [0.05, 0.1) is 0 Å². The zero-order valence-corrected chi connectivity index (χ0v) is 12.9. The molecule has 3 aromatic rings. The summed E-state index contributed by atoms with van der Waals surface area (Å²) < 4.78 is 7.38. The molecule has 1 saturated carbocycles. The molecular weight excluding hydrogens is 294 g/mol. The predicted molar refractivity (Wildman–Crippen MR) is 80.5 cm³/mol. The highest BCUT2D eigenvalue weighted by molar-refractivity contribution is 5.57. The molecule has 0 saturated heterocycles. The van der Waals surface area contributed by atoms with Crippen LogP contribution in [0.4, 0.5) is 0 Å². The van der Waals surface area contributed by atoms with Gasteiger partial charge >= 0.3 is 0 Å². The number of aryl methyl sites for hydroxylation is 1. The fraction of sp³-hybridized carbons (Fsp3) is 0.533. The van der Waals surface area contributed by atoms with Crippen LogP contribution in [0.3, 0.4) is 0 Å². The van der Waals surface area contributed by atoms with E-state index >= 15 is 0 Å². The second-order valence-electron chi connectivity index (χ2n) is 6.35. The maximum absolute atomic E-state index is 5.44. The summed E-state index contributed by atoms with van der Waals surface area (Å²) in [5.74, 6) is 2.80. The van der Waals surface area contributed by atoms with E-state index in [9.17, 15) is 0 Å². The number of aromatic amines is 1. The number of hydrogen-bond donors (Lipinski definition) is 1. The van der Waals surface area contributed by atoms with Crippen molar-refractivity contribution in [3.05, 3.63) is 17.1 Å². The largest absolute Gasteiger partial charge is 0.332 e. The summed E-state index contributed by atoms with van der Waals surface area (Å²) in [6, 6.07) is 0. The van der Waals surface area contributed by atoms with Gasteiger partial charge in [-0.25, -0.2) is 4.98 Å². The SMILES string of the molecule is Cn1nc(-c2nc(-c3n[nH]c(C4CC4)n3)no2)c2c1CCCC2. The lowest BCUT2D eigenvalue weighted by atomic mass is 9.96. The van der Waals surface area contributed by atoms with Crippen molar-refractivity contribution in [3.8, 4) is 23.2 Å². The first kappa shape index (κ1) is 13.0. The Hall–Kier alpha value is -2.51. The molecule has 1 fully saturated rings. The second-order valence-corrected chi connectivity index (χ2v) is 6.35. The van der Waals surface area contributed by atoms with Crippen LogP contribution >= 0.6 is 0 Å². The minimum Gasteiger partial charge on any atom is -0.332 e. The van der Waals surface area contributed by atoms with Gasteiger partial charge in [0, 0.05) is 24.2 Å². The smallest absolute Gasteiger partial charge is 0.279 e. The molecule has 5 rings (SSSR count). The minimum atomic E-state index is 0.415. The Balaban J connectivity index is 1.51. The van der Waals surface area contributed by atoms with Gasteiger partial charge in [0.25, 0.3) is 5.89 Å². The van der Waals surface area contributed by atoms with E-state index in [0.717, 1.165) is 24.4 Å². The predicted octanol–water partition coefficient (Wildman–Crippen LogP) is 2.01. The molecule has 0 radical (unpaired) electrons. The fourth-order valence-electron chi connectivity index (χ4n) is 3.27. The molecule has 0 aromatic carbocycles. The van der Waals surface area contributed by atoms with Crippen LogP contribution in [0.25, 0.3) is 23.2 Å². The van der Waals surface area contributed by atoms with E-state index in [1.165, 1.54) is 36.9 Å². The summed E-state index contributed by atoms with van der Waals surface area (Å²) in [7, 11) is 1.97. The first-order chi connectivity index (χ1) is 11.3. The number of fused-ring (bicyclic) bond motifs is 1. The molecule has 3 aromatic heterocycles. The molecule has 0 spiro atoms. The molecule has 118 valence electrons. The van der Waals surface area contributed by atoms with Crippen LogP contribution in [0.5, 0.6) is 0 Å². The quantitative estimate of drug-likeness (QED) is 0.794. The van der Waals surface area contributed by atoms with Crippen molar-refractivity contribution >= 4 is 0 Å². The van der Waals surface area contributed by atoms with E-state index < -0.39 is 0 Å². The van der Waals surface area contributed by atoms with Gasteiger partial charge in [0.2, 0.25) is 11.6 Å². The lowest BCUT2D eigenvalue weighted by molar-refractivity contribution is 0.429. The molecule has 0 bridgehead atoms. The first-order valence-electron chi connectivity index (χ1n) is 8.11. The van der Waals surface area contributed by atoms with Crippen molar-refractivity contribution in [2.75, 3.05) is 0 Å². The highest BCUT2D eigenvalue weighted by Gasteiger charge is 2.29. The molecule has 8 nitrogen and oxygen atoms in total. The van der Waals surface area contributed by atoms with Crippen LogP contribution in [-0.4, -0.2) is 35.1 Å². The highest BCUT2D eigenvalue weighted by Crippen LogP contribution is 2.38. The molecule has 2 aliphatic carbocycles. The van der Waals surface area contributed by atoms with Gasteiger partial charge in [-0.1, -0.05) is 5.16 Å². The van der Waals surface area contributed by atoms with E-state index in [4.69, 9.17) is 4.52 Å². The summed E-state index contributed by atoms with van der Waals surface area (Å²) in [6.45, 7) is 0. The molecule has 1 N–H and O–H groups in total. The molecule has 3 heterocycles. The molecule has 2 aliphatic rings. The Morgan fingerprint density at radius 2 is 2.00 bits per heavy atom. The highest BCUT2D eigenvalue weighted by atomic mass is 16.5. The van der Waals surface area contributed by atoms with E-state index in [1.54, 1.807) is 0 Å². The zero-order chi connectivity index (χ0) is 15.4. The van der Waals surface area contributed by atoms with Crippen LogP contribution < -0.4 is 0 Å². The third-order valence-corrected chi connectivity index (χ3v) is 4.66. The molecule has 0 unspecified atom stereocenters. The van der Waals surface area contributed by atoms with Gasteiger partial charge in [-0.2, -0.15) is 10.1 Å². The van der Waals surface area contributed by atoms with E-state index in [0.29, 0.717) is 23.5 Å². The Morgan fingerprint density at radius 1 is 1.13 bits per heavy atom. The Morgan fingerprint density at radius 3 is 2.87 bits per heavy atom. The van der Waals surface area contributed by atoms with Gasteiger partial charge in [-0.15, -0.1) is 5.10 Å². The molecule has 0 aliphatic heterocycles. The van der Waals surface area contributed by atoms with E-state index in [-0.39, 0.29) is 0 Å². The number of nitrogens with one attached hydrogen (secondary N) is 1. The average Bonchev–Trinajstić information content (AvgIpc) is 3.01. The number of aromatic nitrogens is 7. The van der Waals surface area contributed by atoms with Crippen molar-refractivity contribution in [2.45, 2.75) is 44.4 Å². The summed E-state index contributed by atoms with van der Waals surface area (Å²) in [5, 5.41) is 15.8. The van der Waals surface area contributed by atoms with Crippen molar-refractivity contribution in [1.82, 2.24) is 35.1 Å². The van der Waals surface area contributed by atoms with Gasteiger partial charge in [-0.3, -0.25) is 9.78 Å². The molecule has 8 heteroatoms. The number of H-pyrrole nitrogens is 1. The van der Waals surface area contributed by atoms with E-state index in [2.05, 4.69) is 30.4 Å². The second kappa shape index (κ2) is 4.74. The van der Waals surface area contributed by atoms with Crippen LogP contribution in [0, 0.1) is 0 Å². The number of rotatable bonds is 3. The number of nitrogens with zero attached hydrogens (tertiary/aromatic N) is 6. The Bertz CT molecular complexity index is 870. The third kappa shape index (κ3) is 2.08. The van der Waals surface area contributed by atoms with Crippen molar-refractivity contribution in [2.24, 2.45) is 7.05 Å². The molecular formula is C15H17N7O. The van der Waals surface area contributed by atoms with Crippen LogP contribution in [0.15, 0.2) is 4.52 Å². The van der Waals surface area contributed by atoms with Gasteiger partial charge in [-0.05, 0) is 38.5 Å². The lowest BCUT2D eigenvalue weighted by Crippen LogP contribution is -2.05. The molecule has 0 amide bonds. The van der Waals surface area contributed by atoms with Crippen LogP contribution in [0.1, 0.15) is 48.7 Å². The fourth-order valence-corrected chi connectivity index (χ4v) is 3.27. The Kier molecular flexibility index (Phi) is 2.67. The summed E-state index contributed by atoms with van der Waals surface area (Å²) >= 11 is 0. The van der Waals surface area contributed by atoms with Gasteiger partial charge in [0.15, 0.2) is 5.69 Å². The summed E-state index contributed by atoms with van der Waals surface area (Å²) in [6.07, 6.45) is 6.81. The van der Waals surface area contributed by atoms with E-state index in [1.807, 2.05) is 11.7 Å². The zero-order valence-electron chi connectivity index (χ0n) is 12.9. The Labute approximate surface area is 132 Å². The topological polar surface area (TPSA) is 98.3 Å². The van der Waals surface area contributed by atoms with Crippen molar-refractivity contribution < 1.29 is 4.52 Å². The summed E-state index contributed by atoms with van der Waals surface area (Å²) in [4.78, 5) is 8.93. The van der Waals surface area contributed by atoms with Crippen LogP contribution in [-0.2, 0) is 19.9 Å². The van der Waals surface area contributed by atoms with Gasteiger partial charge in [0.1, 0.15) is 5.82 Å². The minimum absolute atomic E-state index is 0.415. The van der Waals surface area contributed by atoms with Gasteiger partial charge < -0.3 is 4.52 Å². The number of hydrogen-bond acceptors (Lipinski definition) is 6. The lowest BCUT2D eigenvalue weighted by Gasteiger charge is -2.11. The van der Waals surface area contributed by atoms with Crippen molar-refractivity contribution in [3.63, 3.8) is 0 Å². The monoisotopic (exact) mass is 311 g/mol. The average molecular weight is 311 g/mol. The van der Waals surface area contributed by atoms with Crippen LogP contribution in [0.2, 0.25) is 0 Å². The molecule has 0 atom stereocenters. The maximum Gasteiger partial charge on any atom is 0.279 e. The van der Waals surface area contributed by atoms with Crippen molar-refractivity contribution in [1.29, 1.82) is 0 Å². The normalized spacial score (nSPS) is 17.4. The first-order valence-corrected chi connectivity index (χ1v) is 8.11. The standard InChI is InChI=1S/C15H17N7O/c1-22-10-5-3-2-4-9(10)11(20-22)15-17-14(21-23-15)13-16-12(18-19-13)8-6-7-8/h8H,2-7H2,1H3,(H,16,18,19). The third-order valence-electron chi connectivity index (χ3n) is 4.66. The summed E-state index contributed by atoms with van der Waals surface area (Å²) in [5.41, 5.74) is 3.32. The molecule has 23 heavy (non-hydrogen) atoms. The maximum atomic E-state index is 5.44.